The van der Waals surface area contributed by atoms with Gasteiger partial charge in [-0.15, -0.1) is 0 Å². The summed E-state index contributed by atoms with van der Waals surface area (Å²) in [6.07, 6.45) is 3.44. The number of pyridine rings is 2. The molecular formula is C29H30ClFN4O3. The number of likely N-dealkylation sites (N-methyl/N-ethyl adjacent to an activating group) is 1. The van der Waals surface area contributed by atoms with Gasteiger partial charge in [0, 0.05) is 43.4 Å². The molecule has 0 aliphatic rings. The number of rotatable bonds is 9. The molecule has 0 aliphatic carbocycles. The van der Waals surface area contributed by atoms with E-state index in [1.165, 1.54) is 11.0 Å². The molecule has 198 valence electrons. The zero-order chi connectivity index (χ0) is 26.2. The predicted molar refractivity (Wildman–Crippen MR) is 148 cm³/mol. The molecule has 2 heterocycles. The number of anilines is 1. The van der Waals surface area contributed by atoms with Crippen molar-refractivity contribution in [1.29, 1.82) is 0 Å². The zero-order valence-corrected chi connectivity index (χ0v) is 21.0. The fourth-order valence-corrected chi connectivity index (χ4v) is 4.12. The van der Waals surface area contributed by atoms with Crippen LogP contribution >= 0.6 is 11.6 Å². The fraction of sp³-hybridized carbons (Fsp3) is 0.241. The van der Waals surface area contributed by atoms with Crippen molar-refractivity contribution in [3.05, 3.63) is 101 Å². The Morgan fingerprint density at radius 3 is 2.58 bits per heavy atom. The molecule has 0 spiro atoms. The lowest BCUT2D eigenvalue weighted by atomic mass is 10.1. The average molecular weight is 537 g/mol. The second-order valence-electron chi connectivity index (χ2n) is 8.54. The minimum absolute atomic E-state index is 0. The molecule has 0 radical (unpaired) electrons. The second-order valence-corrected chi connectivity index (χ2v) is 8.91. The number of amides is 2. The molecule has 9 heteroatoms. The van der Waals surface area contributed by atoms with Gasteiger partial charge in [0.05, 0.1) is 11.1 Å². The summed E-state index contributed by atoms with van der Waals surface area (Å²) in [4.78, 5) is 35.7. The van der Waals surface area contributed by atoms with Crippen molar-refractivity contribution in [1.82, 2.24) is 14.9 Å². The molecule has 4 aromatic rings. The van der Waals surface area contributed by atoms with E-state index in [1.54, 1.807) is 43.7 Å². The molecule has 2 aromatic carbocycles. The van der Waals surface area contributed by atoms with E-state index in [0.717, 1.165) is 16.5 Å². The average Bonchev–Trinajstić information content (AvgIpc) is 2.91. The Morgan fingerprint density at radius 2 is 1.82 bits per heavy atom. The van der Waals surface area contributed by atoms with Gasteiger partial charge in [-0.3, -0.25) is 15.1 Å². The van der Waals surface area contributed by atoms with E-state index in [0.29, 0.717) is 17.8 Å². The first-order valence-corrected chi connectivity index (χ1v) is 12.2. The molecule has 38 heavy (non-hydrogen) atoms. The van der Waals surface area contributed by atoms with Gasteiger partial charge in [0.1, 0.15) is 18.2 Å². The van der Waals surface area contributed by atoms with Crippen molar-refractivity contribution in [2.45, 2.75) is 32.7 Å². The van der Waals surface area contributed by atoms with Crippen LogP contribution in [0, 0.1) is 5.82 Å². The second kappa shape index (κ2) is 13.5. The summed E-state index contributed by atoms with van der Waals surface area (Å²) < 4.78 is 19.2. The third-order valence-corrected chi connectivity index (χ3v) is 6.44. The van der Waals surface area contributed by atoms with Gasteiger partial charge in [-0.05, 0) is 41.6 Å². The van der Waals surface area contributed by atoms with Crippen molar-refractivity contribution in [2.24, 2.45) is 0 Å². The minimum Gasteiger partial charge on any atom is -0.447 e. The fourth-order valence-electron chi connectivity index (χ4n) is 3.90. The number of ether oxygens (including phenoxy) is 1. The molecule has 0 aliphatic heterocycles. The van der Waals surface area contributed by atoms with E-state index in [-0.39, 0.29) is 37.8 Å². The molecule has 0 saturated carbocycles. The molecule has 0 unspecified atom stereocenters. The SMILES string of the molecule is C.CN(C(=O)CCc1cccc(F)c1Cl)[C@H](COC(=O)Nc1cc2ccccc2cn1)Cc1ccccn1. The largest absolute Gasteiger partial charge is 0.447 e. The molecule has 4 rings (SSSR count). The quantitative estimate of drug-likeness (QED) is 0.271. The van der Waals surface area contributed by atoms with Crippen LogP contribution in [0.4, 0.5) is 15.0 Å². The third-order valence-electron chi connectivity index (χ3n) is 6.02. The number of aromatic nitrogens is 2. The van der Waals surface area contributed by atoms with E-state index < -0.39 is 18.0 Å². The molecular weight excluding hydrogens is 507 g/mol. The number of hydrogen-bond acceptors (Lipinski definition) is 5. The van der Waals surface area contributed by atoms with Crippen LogP contribution in [0.15, 0.2) is 79.1 Å². The van der Waals surface area contributed by atoms with Crippen molar-refractivity contribution >= 4 is 40.2 Å². The molecule has 2 amide bonds. The van der Waals surface area contributed by atoms with Gasteiger partial charge >= 0.3 is 6.09 Å². The highest BCUT2D eigenvalue weighted by atomic mass is 35.5. The van der Waals surface area contributed by atoms with Crippen LogP contribution in [-0.2, 0) is 22.4 Å². The number of aryl methyl sites for hydroxylation is 1. The lowest BCUT2D eigenvalue weighted by Gasteiger charge is -2.28. The Balaban J connectivity index is 0.00000400. The number of nitrogens with one attached hydrogen (secondary N) is 1. The van der Waals surface area contributed by atoms with Gasteiger partial charge in [0.2, 0.25) is 5.91 Å². The maximum Gasteiger partial charge on any atom is 0.412 e. The van der Waals surface area contributed by atoms with Crippen LogP contribution in [0.25, 0.3) is 10.8 Å². The Morgan fingerprint density at radius 1 is 1.05 bits per heavy atom. The van der Waals surface area contributed by atoms with Gasteiger partial charge in [0.15, 0.2) is 0 Å². The number of benzene rings is 2. The molecule has 1 N–H and O–H groups in total. The Bertz CT molecular complexity index is 1390. The first-order valence-electron chi connectivity index (χ1n) is 11.8. The normalized spacial score (nSPS) is 11.3. The van der Waals surface area contributed by atoms with Crippen molar-refractivity contribution in [3.63, 3.8) is 0 Å². The molecule has 0 saturated heterocycles. The van der Waals surface area contributed by atoms with Gasteiger partial charge in [-0.2, -0.15) is 0 Å². The number of halogens is 2. The maximum atomic E-state index is 13.7. The first-order chi connectivity index (χ1) is 17.9. The zero-order valence-electron chi connectivity index (χ0n) is 20.2. The van der Waals surface area contributed by atoms with E-state index in [4.69, 9.17) is 16.3 Å². The van der Waals surface area contributed by atoms with Crippen molar-refractivity contribution in [2.75, 3.05) is 19.0 Å². The molecule has 2 aromatic heterocycles. The molecule has 1 atom stereocenters. The summed E-state index contributed by atoms with van der Waals surface area (Å²) in [6.45, 7) is -0.0566. The minimum atomic E-state index is -0.679. The smallest absolute Gasteiger partial charge is 0.412 e. The van der Waals surface area contributed by atoms with Crippen molar-refractivity contribution < 1.29 is 18.7 Å². The van der Waals surface area contributed by atoms with Crippen LogP contribution in [-0.4, -0.2) is 46.6 Å². The van der Waals surface area contributed by atoms with E-state index in [9.17, 15) is 14.0 Å². The highest BCUT2D eigenvalue weighted by molar-refractivity contribution is 6.31. The first kappa shape index (κ1) is 28.5. The summed E-state index contributed by atoms with van der Waals surface area (Å²) in [6, 6.07) is 19.0. The monoisotopic (exact) mass is 536 g/mol. The summed E-state index contributed by atoms with van der Waals surface area (Å²) in [5.41, 5.74) is 1.31. The standard InChI is InChI=1S/C28H26ClFN4O3.CH4/c1-34(26(35)13-12-19-9-6-11-24(30)27(19)29)23(16-22-10-4-5-14-31-22)18-37-28(36)33-25-15-20-7-2-3-8-21(20)17-32-25;/h2-11,14-15,17,23H,12-13,16,18H2,1H3,(H,32,33,36);1H4/t23-;/m0./s1. The summed E-state index contributed by atoms with van der Waals surface area (Å²) in [5, 5.41) is 4.55. The van der Waals surface area contributed by atoms with Crippen LogP contribution in [0.1, 0.15) is 25.1 Å². The maximum absolute atomic E-state index is 13.7. The van der Waals surface area contributed by atoms with E-state index >= 15 is 0 Å². The summed E-state index contributed by atoms with van der Waals surface area (Å²) in [7, 11) is 1.65. The van der Waals surface area contributed by atoms with Crippen molar-refractivity contribution in [3.8, 4) is 0 Å². The molecule has 0 bridgehead atoms. The summed E-state index contributed by atoms with van der Waals surface area (Å²) in [5.74, 6) is -0.351. The Kier molecular flexibility index (Phi) is 10.1. The lowest BCUT2D eigenvalue weighted by Crippen LogP contribution is -2.42. The highest BCUT2D eigenvalue weighted by Crippen LogP contribution is 2.21. The lowest BCUT2D eigenvalue weighted by molar-refractivity contribution is -0.132. The third kappa shape index (κ3) is 7.49. The Hall–Kier alpha value is -4.04. The van der Waals surface area contributed by atoms with Crippen LogP contribution in [0.5, 0.6) is 0 Å². The van der Waals surface area contributed by atoms with Gasteiger partial charge in [-0.25, -0.2) is 14.2 Å². The highest BCUT2D eigenvalue weighted by Gasteiger charge is 2.23. The van der Waals surface area contributed by atoms with Crippen LogP contribution in [0.3, 0.4) is 0 Å². The van der Waals surface area contributed by atoms with E-state index in [2.05, 4.69) is 15.3 Å². The molecule has 0 fully saturated rings. The number of nitrogens with zero attached hydrogens (tertiary/aromatic N) is 3. The Labute approximate surface area is 226 Å². The topological polar surface area (TPSA) is 84.4 Å². The number of carbonyl (C=O) groups excluding carboxylic acids is 2. The number of carbonyl (C=O) groups is 2. The predicted octanol–water partition coefficient (Wildman–Crippen LogP) is 6.31. The van der Waals surface area contributed by atoms with E-state index in [1.807, 2.05) is 36.4 Å². The number of hydrogen-bond donors (Lipinski definition) is 1. The van der Waals surface area contributed by atoms with Gasteiger partial charge in [0.25, 0.3) is 0 Å². The van der Waals surface area contributed by atoms with Crippen LogP contribution < -0.4 is 5.32 Å². The number of fused-ring (bicyclic) bond motifs is 1. The van der Waals surface area contributed by atoms with Gasteiger partial charge in [-0.1, -0.05) is 61.5 Å². The summed E-state index contributed by atoms with van der Waals surface area (Å²) >= 11 is 6.03. The van der Waals surface area contributed by atoms with Gasteiger partial charge < -0.3 is 9.64 Å². The molecule has 7 nitrogen and oxygen atoms in total. The van der Waals surface area contributed by atoms with Crippen LogP contribution in [0.2, 0.25) is 5.02 Å².